The van der Waals surface area contributed by atoms with Crippen molar-refractivity contribution in [1.82, 2.24) is 10.6 Å². The molecule has 3 N–H and O–H groups in total. The molecule has 2 atom stereocenters. The molecule has 0 saturated carbocycles. The molecule has 0 spiro atoms. The quantitative estimate of drug-likeness (QED) is 0.357. The lowest BCUT2D eigenvalue weighted by atomic mass is 9.88. The maximum Gasteiger partial charge on any atom is 0.416 e. The monoisotopic (exact) mass is 516 g/mol. The van der Waals surface area contributed by atoms with Crippen LogP contribution < -0.4 is 10.6 Å². The van der Waals surface area contributed by atoms with Crippen LogP contribution in [-0.2, 0) is 27.7 Å². The number of carbonyl (C=O) groups is 1. The zero-order chi connectivity index (χ0) is 26.6. The van der Waals surface area contributed by atoms with Gasteiger partial charge in [-0.1, -0.05) is 48.5 Å². The van der Waals surface area contributed by atoms with Crippen LogP contribution in [0.25, 0.3) is 0 Å². The Hall–Kier alpha value is -3.27. The highest BCUT2D eigenvalue weighted by molar-refractivity contribution is 5.83. The van der Waals surface area contributed by atoms with Gasteiger partial charge in [-0.25, -0.2) is 4.39 Å². The van der Waals surface area contributed by atoms with Crippen LogP contribution in [0, 0.1) is 5.82 Å². The minimum Gasteiger partial charge on any atom is -0.380 e. The highest BCUT2D eigenvalue weighted by Gasteiger charge is 2.38. The van der Waals surface area contributed by atoms with Crippen LogP contribution in [0.5, 0.6) is 0 Å². The molecule has 1 aliphatic rings. The number of likely N-dealkylation sites (N-methyl/N-ethyl adjacent to an activating group) is 1. The maximum absolute atomic E-state index is 13.5. The summed E-state index contributed by atoms with van der Waals surface area (Å²) in [5, 5.41) is 16.7. The van der Waals surface area contributed by atoms with E-state index in [0.29, 0.717) is 29.5 Å². The largest absolute Gasteiger partial charge is 0.416 e. The second kappa shape index (κ2) is 11.0. The molecule has 1 saturated heterocycles. The number of carbonyl (C=O) groups excluding carboxylic acids is 1. The Morgan fingerprint density at radius 2 is 1.70 bits per heavy atom. The van der Waals surface area contributed by atoms with Crippen LogP contribution in [-0.4, -0.2) is 31.3 Å². The van der Waals surface area contributed by atoms with Gasteiger partial charge in [0.05, 0.1) is 18.8 Å². The fourth-order valence-electron chi connectivity index (χ4n) is 4.35. The predicted octanol–water partition coefficient (Wildman–Crippen LogP) is 4.81. The third-order valence-corrected chi connectivity index (χ3v) is 6.59. The Bertz CT molecular complexity index is 1210. The van der Waals surface area contributed by atoms with Crippen molar-refractivity contribution in [2.75, 3.05) is 20.3 Å². The molecule has 0 aromatic heterocycles. The Balaban J connectivity index is 1.63. The Morgan fingerprint density at radius 1 is 1.03 bits per heavy atom. The molecule has 3 aromatic rings. The topological polar surface area (TPSA) is 70.6 Å². The molecule has 1 heterocycles. The van der Waals surface area contributed by atoms with Crippen molar-refractivity contribution >= 4 is 5.91 Å². The molecule has 1 aliphatic heterocycles. The Labute approximate surface area is 212 Å². The summed E-state index contributed by atoms with van der Waals surface area (Å²) < 4.78 is 57.6. The molecule has 4 rings (SSSR count). The van der Waals surface area contributed by atoms with E-state index < -0.39 is 35.2 Å². The van der Waals surface area contributed by atoms with Gasteiger partial charge >= 0.3 is 6.18 Å². The smallest absolute Gasteiger partial charge is 0.380 e. The maximum atomic E-state index is 13.5. The molecule has 196 valence electrons. The first kappa shape index (κ1) is 26.8. The van der Waals surface area contributed by atoms with Gasteiger partial charge in [-0.15, -0.1) is 0 Å². The molecule has 1 amide bonds. The zero-order valence-electron chi connectivity index (χ0n) is 20.2. The van der Waals surface area contributed by atoms with Crippen LogP contribution in [0.15, 0.2) is 72.8 Å². The first-order chi connectivity index (χ1) is 17.6. The average molecular weight is 517 g/mol. The van der Waals surface area contributed by atoms with Crippen molar-refractivity contribution < 1.29 is 32.2 Å². The number of hydrogen-bond donors (Lipinski definition) is 3. The summed E-state index contributed by atoms with van der Waals surface area (Å²) in [6, 6.07) is 16.7. The summed E-state index contributed by atoms with van der Waals surface area (Å²) in [5.41, 5.74) is 0.926. The van der Waals surface area contributed by atoms with Gasteiger partial charge < -0.3 is 15.2 Å². The fraction of sp³-hybridized carbons (Fsp3) is 0.321. The Morgan fingerprint density at radius 3 is 2.27 bits per heavy atom. The van der Waals surface area contributed by atoms with Gasteiger partial charge in [0.2, 0.25) is 5.91 Å². The summed E-state index contributed by atoms with van der Waals surface area (Å²) in [6.45, 7) is 0.354. The van der Waals surface area contributed by atoms with E-state index in [4.69, 9.17) is 4.74 Å². The molecular formula is C28H28F4N2O3. The number of alkyl halides is 3. The van der Waals surface area contributed by atoms with Gasteiger partial charge in [0, 0.05) is 13.1 Å². The van der Waals surface area contributed by atoms with E-state index >= 15 is 0 Å². The number of nitrogens with one attached hydrogen (secondary N) is 2. The van der Waals surface area contributed by atoms with Gasteiger partial charge in [0.1, 0.15) is 17.5 Å². The van der Waals surface area contributed by atoms with Crippen LogP contribution in [0.3, 0.4) is 0 Å². The second-order valence-electron chi connectivity index (χ2n) is 9.20. The molecule has 0 aliphatic carbocycles. The van der Waals surface area contributed by atoms with E-state index in [1.165, 1.54) is 43.4 Å². The average Bonchev–Trinajstić information content (AvgIpc) is 2.87. The van der Waals surface area contributed by atoms with Gasteiger partial charge in [0.25, 0.3) is 0 Å². The third kappa shape index (κ3) is 6.36. The Kier molecular flexibility index (Phi) is 7.96. The number of aryl methyl sites for hydroxylation is 1. The summed E-state index contributed by atoms with van der Waals surface area (Å²) in [4.78, 5) is 12.8. The van der Waals surface area contributed by atoms with E-state index in [9.17, 15) is 27.5 Å². The van der Waals surface area contributed by atoms with Crippen LogP contribution in [0.1, 0.15) is 46.3 Å². The zero-order valence-corrected chi connectivity index (χ0v) is 20.2. The SMILES string of the molecule is CNC(=O)[C@@H](N[C@H](CCc1ccc(C(F)(F)F)cc1)c1cccc(C2(O)COC2)c1)c1ccc(F)cc1. The molecule has 3 aromatic carbocycles. The minimum absolute atomic E-state index is 0.177. The molecule has 1 fully saturated rings. The van der Waals surface area contributed by atoms with Crippen molar-refractivity contribution in [3.8, 4) is 0 Å². The normalized spacial score (nSPS) is 16.5. The molecule has 0 unspecified atom stereocenters. The molecule has 0 bridgehead atoms. The van der Waals surface area contributed by atoms with Crippen molar-refractivity contribution in [2.24, 2.45) is 0 Å². The number of aliphatic hydroxyl groups is 1. The first-order valence-electron chi connectivity index (χ1n) is 11.9. The van der Waals surface area contributed by atoms with E-state index in [-0.39, 0.29) is 19.1 Å². The lowest BCUT2D eigenvalue weighted by Gasteiger charge is -2.37. The van der Waals surface area contributed by atoms with Crippen LogP contribution in [0.4, 0.5) is 17.6 Å². The van der Waals surface area contributed by atoms with E-state index in [2.05, 4.69) is 10.6 Å². The van der Waals surface area contributed by atoms with Crippen LogP contribution >= 0.6 is 0 Å². The van der Waals surface area contributed by atoms with Gasteiger partial charge in [-0.3, -0.25) is 10.1 Å². The first-order valence-corrected chi connectivity index (χ1v) is 11.9. The molecular weight excluding hydrogens is 488 g/mol. The predicted molar refractivity (Wildman–Crippen MR) is 130 cm³/mol. The van der Waals surface area contributed by atoms with Gasteiger partial charge in [-0.05, 0) is 59.4 Å². The van der Waals surface area contributed by atoms with Gasteiger partial charge in [-0.2, -0.15) is 13.2 Å². The highest BCUT2D eigenvalue weighted by Crippen LogP contribution is 2.33. The number of rotatable bonds is 9. The van der Waals surface area contributed by atoms with Crippen LogP contribution in [0.2, 0.25) is 0 Å². The molecule has 5 nitrogen and oxygen atoms in total. The van der Waals surface area contributed by atoms with Crippen molar-refractivity contribution in [2.45, 2.75) is 36.7 Å². The molecule has 9 heteroatoms. The lowest BCUT2D eigenvalue weighted by Crippen LogP contribution is -2.46. The highest BCUT2D eigenvalue weighted by atomic mass is 19.4. The van der Waals surface area contributed by atoms with Crippen molar-refractivity contribution in [3.63, 3.8) is 0 Å². The number of amides is 1. The van der Waals surface area contributed by atoms with Gasteiger partial charge in [0.15, 0.2) is 0 Å². The molecule has 37 heavy (non-hydrogen) atoms. The van der Waals surface area contributed by atoms with E-state index in [0.717, 1.165) is 17.7 Å². The number of halogens is 4. The number of ether oxygens (including phenoxy) is 1. The third-order valence-electron chi connectivity index (χ3n) is 6.59. The summed E-state index contributed by atoms with van der Waals surface area (Å²) in [6.07, 6.45) is -3.54. The fourth-order valence-corrected chi connectivity index (χ4v) is 4.35. The summed E-state index contributed by atoms with van der Waals surface area (Å²) in [5.74, 6) is -0.754. The van der Waals surface area contributed by atoms with E-state index in [1.54, 1.807) is 12.1 Å². The number of hydrogen-bond acceptors (Lipinski definition) is 4. The molecule has 0 radical (unpaired) electrons. The van der Waals surface area contributed by atoms with E-state index in [1.807, 2.05) is 12.1 Å². The lowest BCUT2D eigenvalue weighted by molar-refractivity contribution is -0.184. The van der Waals surface area contributed by atoms with Crippen molar-refractivity contribution in [1.29, 1.82) is 0 Å². The standard InChI is InChI=1S/C28H28F4N2O3/c1-33-26(35)25(19-8-12-23(29)13-9-19)34-24(14-7-18-5-10-21(11-6-18)28(30,31)32)20-3-2-4-22(15-20)27(36)16-37-17-27/h2-6,8-13,15,24-25,34,36H,7,14,16-17H2,1H3,(H,33,35)/t24-,25+/m1/s1. The summed E-state index contributed by atoms with van der Waals surface area (Å²) in [7, 11) is 1.50. The minimum atomic E-state index is -4.41. The number of benzene rings is 3. The van der Waals surface area contributed by atoms with Crippen molar-refractivity contribution in [3.05, 3.63) is 106 Å². The second-order valence-corrected chi connectivity index (χ2v) is 9.20. The summed E-state index contributed by atoms with van der Waals surface area (Å²) >= 11 is 0.